The van der Waals surface area contributed by atoms with Crippen LogP contribution in [0.3, 0.4) is 0 Å². The average Bonchev–Trinajstić information content (AvgIpc) is 2.87. The Hall–Kier alpha value is -2.06. The first-order valence-corrected chi connectivity index (χ1v) is 7.83. The van der Waals surface area contributed by atoms with Gasteiger partial charge in [0.05, 0.1) is 5.52 Å². The number of nitrogens with one attached hydrogen (secondary N) is 1. The molecule has 0 atom stereocenters. The van der Waals surface area contributed by atoms with E-state index in [1.807, 2.05) is 0 Å². The van der Waals surface area contributed by atoms with Crippen LogP contribution in [0.15, 0.2) is 71.2 Å². The maximum absolute atomic E-state index is 3.65. The highest BCUT2D eigenvalue weighted by atomic mass is 79.9. The van der Waals surface area contributed by atoms with Gasteiger partial charge < -0.3 is 4.98 Å². The van der Waals surface area contributed by atoms with E-state index < -0.39 is 0 Å². The molecule has 0 amide bonds. The molecule has 0 unspecified atom stereocenters. The summed E-state index contributed by atoms with van der Waals surface area (Å²) in [6, 6.07) is 23.5. The van der Waals surface area contributed by atoms with Crippen molar-refractivity contribution in [3.05, 3.63) is 82.3 Å². The fraction of sp³-hybridized carbons (Fsp3) is 0.0526. The van der Waals surface area contributed by atoms with Gasteiger partial charge in [0, 0.05) is 20.8 Å². The summed E-state index contributed by atoms with van der Waals surface area (Å²) in [7, 11) is 0. The second-order valence-corrected chi connectivity index (χ2v) is 6.24. The lowest BCUT2D eigenvalue weighted by Gasteiger charge is -2.05. The van der Waals surface area contributed by atoms with Gasteiger partial charge in [0.2, 0.25) is 0 Å². The molecule has 21 heavy (non-hydrogen) atoms. The number of benzene rings is 3. The van der Waals surface area contributed by atoms with Crippen molar-refractivity contribution in [3.63, 3.8) is 0 Å². The maximum atomic E-state index is 3.65. The number of hydrogen-bond acceptors (Lipinski definition) is 0. The van der Waals surface area contributed by atoms with Gasteiger partial charge in [-0.25, -0.2) is 0 Å². The molecule has 4 rings (SSSR count). The minimum absolute atomic E-state index is 0.934. The van der Waals surface area contributed by atoms with Crippen LogP contribution in [0, 0.1) is 0 Å². The number of H-pyrrole nitrogens is 1. The van der Waals surface area contributed by atoms with Gasteiger partial charge in [0.25, 0.3) is 0 Å². The van der Waals surface area contributed by atoms with Crippen LogP contribution in [0.5, 0.6) is 0 Å². The van der Waals surface area contributed by atoms with Crippen LogP contribution in [0.4, 0.5) is 0 Å². The minimum atomic E-state index is 0.934. The Morgan fingerprint density at radius 3 is 2.43 bits per heavy atom. The maximum Gasteiger partial charge on any atom is 0.0501 e. The van der Waals surface area contributed by atoms with Gasteiger partial charge in [-0.05, 0) is 35.7 Å². The fourth-order valence-corrected chi connectivity index (χ4v) is 3.45. The minimum Gasteiger partial charge on any atom is -0.354 e. The molecule has 0 radical (unpaired) electrons. The molecular formula is C19H14BrN. The van der Waals surface area contributed by atoms with E-state index in [4.69, 9.17) is 0 Å². The molecule has 1 aromatic heterocycles. The zero-order valence-corrected chi connectivity index (χ0v) is 13.0. The Bertz CT molecular complexity index is 922. The predicted molar refractivity (Wildman–Crippen MR) is 92.8 cm³/mol. The summed E-state index contributed by atoms with van der Waals surface area (Å²) in [6.07, 6.45) is 0.934. The van der Waals surface area contributed by atoms with E-state index in [9.17, 15) is 0 Å². The van der Waals surface area contributed by atoms with Crippen LogP contribution < -0.4 is 0 Å². The van der Waals surface area contributed by atoms with Crippen LogP contribution in [0.2, 0.25) is 0 Å². The molecule has 0 fully saturated rings. The quantitative estimate of drug-likeness (QED) is 0.485. The van der Waals surface area contributed by atoms with Crippen molar-refractivity contribution in [2.24, 2.45) is 0 Å². The number of rotatable bonds is 2. The largest absolute Gasteiger partial charge is 0.354 e. The van der Waals surface area contributed by atoms with Crippen molar-refractivity contribution in [1.82, 2.24) is 4.98 Å². The van der Waals surface area contributed by atoms with Crippen LogP contribution in [-0.4, -0.2) is 4.98 Å². The van der Waals surface area contributed by atoms with Crippen LogP contribution >= 0.6 is 15.9 Å². The molecule has 2 heteroatoms. The van der Waals surface area contributed by atoms with Gasteiger partial charge in [-0.3, -0.25) is 0 Å². The van der Waals surface area contributed by atoms with Crippen molar-refractivity contribution < 1.29 is 0 Å². The zero-order chi connectivity index (χ0) is 14.2. The first-order chi connectivity index (χ1) is 10.3. The smallest absolute Gasteiger partial charge is 0.0501 e. The molecule has 4 aromatic rings. The molecule has 0 aliphatic rings. The Morgan fingerprint density at radius 2 is 1.57 bits per heavy atom. The summed E-state index contributed by atoms with van der Waals surface area (Å²) >= 11 is 3.65. The van der Waals surface area contributed by atoms with Gasteiger partial charge in [-0.1, -0.05) is 64.5 Å². The summed E-state index contributed by atoms with van der Waals surface area (Å²) in [5.41, 5.74) is 5.08. The molecule has 0 spiro atoms. The van der Waals surface area contributed by atoms with E-state index in [2.05, 4.69) is 87.6 Å². The molecule has 0 saturated heterocycles. The first-order valence-electron chi connectivity index (χ1n) is 7.04. The van der Waals surface area contributed by atoms with Crippen molar-refractivity contribution in [2.45, 2.75) is 6.42 Å². The van der Waals surface area contributed by atoms with Crippen molar-refractivity contribution in [3.8, 4) is 0 Å². The van der Waals surface area contributed by atoms with E-state index in [0.717, 1.165) is 10.9 Å². The Balaban J connectivity index is 1.96. The number of para-hydroxylation sites is 1. The third-order valence-corrected chi connectivity index (χ3v) is 4.36. The average molecular weight is 336 g/mol. The SMILES string of the molecule is Brc1cc(Cc2ccccc2)c2[nH]c3ccccc3c2c1. The highest BCUT2D eigenvalue weighted by Crippen LogP contribution is 2.31. The van der Waals surface area contributed by atoms with Gasteiger partial charge in [0.15, 0.2) is 0 Å². The number of aromatic nitrogens is 1. The third-order valence-electron chi connectivity index (χ3n) is 3.90. The first kappa shape index (κ1) is 12.7. The van der Waals surface area contributed by atoms with E-state index >= 15 is 0 Å². The third kappa shape index (κ3) is 2.26. The summed E-state index contributed by atoms with van der Waals surface area (Å²) in [5, 5.41) is 2.56. The lowest BCUT2D eigenvalue weighted by atomic mass is 10.0. The molecule has 1 nitrogen and oxygen atoms in total. The van der Waals surface area contributed by atoms with Gasteiger partial charge in [-0.15, -0.1) is 0 Å². The normalized spacial score (nSPS) is 11.3. The van der Waals surface area contributed by atoms with Crippen LogP contribution in [0.1, 0.15) is 11.1 Å². The van der Waals surface area contributed by atoms with E-state index in [-0.39, 0.29) is 0 Å². The standard InChI is InChI=1S/C19H14BrN/c20-15-11-14(10-13-6-2-1-3-7-13)19-17(12-15)16-8-4-5-9-18(16)21-19/h1-9,11-12,21H,10H2. The van der Waals surface area contributed by atoms with Crippen molar-refractivity contribution in [1.29, 1.82) is 0 Å². The van der Waals surface area contributed by atoms with Gasteiger partial charge in [0.1, 0.15) is 0 Å². The lowest BCUT2D eigenvalue weighted by Crippen LogP contribution is -1.89. The highest BCUT2D eigenvalue weighted by molar-refractivity contribution is 9.10. The van der Waals surface area contributed by atoms with E-state index in [0.29, 0.717) is 0 Å². The second-order valence-electron chi connectivity index (χ2n) is 5.32. The van der Waals surface area contributed by atoms with Crippen LogP contribution in [-0.2, 0) is 6.42 Å². The number of aromatic amines is 1. The molecule has 0 aliphatic carbocycles. The topological polar surface area (TPSA) is 15.8 Å². The van der Waals surface area contributed by atoms with E-state index in [1.54, 1.807) is 0 Å². The Kier molecular flexibility index (Phi) is 3.04. The monoisotopic (exact) mass is 335 g/mol. The van der Waals surface area contributed by atoms with Crippen molar-refractivity contribution >= 4 is 37.7 Å². The summed E-state index contributed by atoms with van der Waals surface area (Å²) in [5.74, 6) is 0. The molecular weight excluding hydrogens is 322 g/mol. The molecule has 0 aliphatic heterocycles. The van der Waals surface area contributed by atoms with E-state index in [1.165, 1.54) is 32.9 Å². The molecule has 0 bridgehead atoms. The molecule has 1 N–H and O–H groups in total. The molecule has 3 aromatic carbocycles. The second kappa shape index (κ2) is 5.05. The summed E-state index contributed by atoms with van der Waals surface area (Å²) < 4.78 is 1.13. The lowest BCUT2D eigenvalue weighted by molar-refractivity contribution is 1.20. The Labute approximate surface area is 131 Å². The van der Waals surface area contributed by atoms with Gasteiger partial charge in [-0.2, -0.15) is 0 Å². The number of halogens is 1. The predicted octanol–water partition coefficient (Wildman–Crippen LogP) is 5.67. The summed E-state index contributed by atoms with van der Waals surface area (Å²) in [4.78, 5) is 3.57. The van der Waals surface area contributed by atoms with Crippen LogP contribution in [0.25, 0.3) is 21.8 Å². The number of fused-ring (bicyclic) bond motifs is 3. The highest BCUT2D eigenvalue weighted by Gasteiger charge is 2.09. The number of hydrogen-bond donors (Lipinski definition) is 1. The fourth-order valence-electron chi connectivity index (χ4n) is 2.94. The molecule has 0 saturated carbocycles. The van der Waals surface area contributed by atoms with Gasteiger partial charge >= 0.3 is 0 Å². The molecule has 1 heterocycles. The molecule has 102 valence electrons. The Morgan fingerprint density at radius 1 is 0.810 bits per heavy atom. The van der Waals surface area contributed by atoms with Crippen molar-refractivity contribution in [2.75, 3.05) is 0 Å². The summed E-state index contributed by atoms with van der Waals surface area (Å²) in [6.45, 7) is 0. The zero-order valence-electron chi connectivity index (χ0n) is 11.4.